The third-order valence-corrected chi connectivity index (χ3v) is 10.6. The lowest BCUT2D eigenvalue weighted by Crippen LogP contribution is -2.00. The molecule has 50 heavy (non-hydrogen) atoms. The van der Waals surface area contributed by atoms with Crippen LogP contribution in [0.3, 0.4) is 0 Å². The molecule has 0 radical (unpaired) electrons. The van der Waals surface area contributed by atoms with Crippen LogP contribution >= 0.6 is 11.3 Å². The lowest BCUT2D eigenvalue weighted by Gasteiger charge is -2.09. The number of fused-ring (bicyclic) bond motifs is 6. The Bertz CT molecular complexity index is 2860. The van der Waals surface area contributed by atoms with E-state index >= 15 is 0 Å². The molecule has 0 aliphatic carbocycles. The van der Waals surface area contributed by atoms with Gasteiger partial charge in [0.25, 0.3) is 0 Å². The molecule has 0 bridgehead atoms. The lowest BCUT2D eigenvalue weighted by atomic mass is 9.99. The Kier molecular flexibility index (Phi) is 6.64. The Balaban J connectivity index is 1.06. The van der Waals surface area contributed by atoms with E-state index in [0.717, 1.165) is 44.2 Å². The van der Waals surface area contributed by atoms with Gasteiger partial charge in [0.15, 0.2) is 17.5 Å². The molecule has 0 amide bonds. The number of thiophene rings is 1. The zero-order valence-electron chi connectivity index (χ0n) is 26.7. The average Bonchev–Trinajstić information content (AvgIpc) is 3.76. The number of hydrogen-bond donors (Lipinski definition) is 0. The first-order valence-electron chi connectivity index (χ1n) is 16.6. The fraction of sp³-hybridized carbons (Fsp3) is 0. The summed E-state index contributed by atoms with van der Waals surface area (Å²) in [5.74, 6) is 1.85. The minimum Gasteiger partial charge on any atom is -0.456 e. The van der Waals surface area contributed by atoms with Gasteiger partial charge in [-0.3, -0.25) is 0 Å². The standard InChI is InChI=1S/C45H27N3OS/c1-3-10-28(11-4-1)32-23-25-41-38(26-32)37-16-9-15-34(42(37)50-41)29-18-20-31(21-19-29)44-46-43(30-12-5-2-6-13-30)47-45(48-44)33-22-24-36-35-14-7-8-17-39(35)49-40(36)27-33/h1-27H. The molecule has 234 valence electrons. The molecule has 0 aliphatic rings. The molecule has 0 unspecified atom stereocenters. The molecule has 3 heterocycles. The van der Waals surface area contributed by atoms with Crippen molar-refractivity contribution in [3.05, 3.63) is 164 Å². The molecule has 0 saturated carbocycles. The van der Waals surface area contributed by atoms with Crippen LogP contribution in [0.2, 0.25) is 0 Å². The van der Waals surface area contributed by atoms with Gasteiger partial charge in [-0.05, 0) is 52.6 Å². The predicted molar refractivity (Wildman–Crippen MR) is 207 cm³/mol. The monoisotopic (exact) mass is 657 g/mol. The van der Waals surface area contributed by atoms with E-state index in [4.69, 9.17) is 19.4 Å². The topological polar surface area (TPSA) is 51.8 Å². The van der Waals surface area contributed by atoms with Crippen molar-refractivity contribution < 1.29 is 4.42 Å². The SMILES string of the molecule is c1ccc(-c2ccc3sc4c(-c5ccc(-c6nc(-c7ccccc7)nc(-c7ccc8c(c7)oc7ccccc78)n6)cc5)cccc4c3c2)cc1. The van der Waals surface area contributed by atoms with Crippen molar-refractivity contribution in [2.75, 3.05) is 0 Å². The van der Waals surface area contributed by atoms with E-state index in [1.165, 1.54) is 36.9 Å². The Hall–Kier alpha value is -6.43. The van der Waals surface area contributed by atoms with Gasteiger partial charge in [-0.1, -0.05) is 133 Å². The maximum Gasteiger partial charge on any atom is 0.164 e. The van der Waals surface area contributed by atoms with Gasteiger partial charge in [-0.2, -0.15) is 0 Å². The van der Waals surface area contributed by atoms with E-state index < -0.39 is 0 Å². The van der Waals surface area contributed by atoms with Crippen LogP contribution in [0.5, 0.6) is 0 Å². The molecule has 3 aromatic heterocycles. The van der Waals surface area contributed by atoms with E-state index in [1.807, 2.05) is 65.9 Å². The number of para-hydroxylation sites is 1. The smallest absolute Gasteiger partial charge is 0.164 e. The highest BCUT2D eigenvalue weighted by Crippen LogP contribution is 2.42. The molecule has 0 fully saturated rings. The third-order valence-electron chi connectivity index (χ3n) is 9.36. The number of furan rings is 1. The summed E-state index contributed by atoms with van der Waals surface area (Å²) in [6.45, 7) is 0. The highest BCUT2D eigenvalue weighted by Gasteiger charge is 2.16. The summed E-state index contributed by atoms with van der Waals surface area (Å²) in [4.78, 5) is 14.9. The molecule has 0 N–H and O–H groups in total. The highest BCUT2D eigenvalue weighted by atomic mass is 32.1. The molecular formula is C45H27N3OS. The van der Waals surface area contributed by atoms with E-state index in [0.29, 0.717) is 17.5 Å². The number of hydrogen-bond acceptors (Lipinski definition) is 5. The molecule has 0 spiro atoms. The number of benzene rings is 7. The first kappa shape index (κ1) is 28.6. The number of rotatable bonds is 5. The van der Waals surface area contributed by atoms with Crippen molar-refractivity contribution in [1.29, 1.82) is 0 Å². The first-order chi connectivity index (χ1) is 24.7. The summed E-state index contributed by atoms with van der Waals surface area (Å²) < 4.78 is 8.78. The number of nitrogens with zero attached hydrogens (tertiary/aromatic N) is 3. The molecule has 4 nitrogen and oxygen atoms in total. The van der Waals surface area contributed by atoms with Gasteiger partial charge >= 0.3 is 0 Å². The maximum absolute atomic E-state index is 6.20. The van der Waals surface area contributed by atoms with Crippen LogP contribution in [0.4, 0.5) is 0 Å². The zero-order chi connectivity index (χ0) is 33.0. The molecular weight excluding hydrogens is 631 g/mol. The van der Waals surface area contributed by atoms with Crippen molar-refractivity contribution in [2.45, 2.75) is 0 Å². The minimum absolute atomic E-state index is 0.602. The zero-order valence-corrected chi connectivity index (χ0v) is 27.6. The summed E-state index contributed by atoms with van der Waals surface area (Å²) in [5, 5.41) is 4.73. The second-order valence-electron chi connectivity index (χ2n) is 12.4. The molecule has 0 atom stereocenters. The summed E-state index contributed by atoms with van der Waals surface area (Å²) in [6, 6.07) is 56.9. The second-order valence-corrected chi connectivity index (χ2v) is 13.5. The maximum atomic E-state index is 6.20. The summed E-state index contributed by atoms with van der Waals surface area (Å²) in [6.07, 6.45) is 0. The van der Waals surface area contributed by atoms with E-state index in [9.17, 15) is 0 Å². The van der Waals surface area contributed by atoms with Gasteiger partial charge in [0.05, 0.1) is 0 Å². The van der Waals surface area contributed by atoms with Crippen molar-refractivity contribution in [1.82, 2.24) is 15.0 Å². The van der Waals surface area contributed by atoms with E-state index in [1.54, 1.807) is 0 Å². The Morgan fingerprint density at radius 3 is 1.72 bits per heavy atom. The lowest BCUT2D eigenvalue weighted by molar-refractivity contribution is 0.669. The van der Waals surface area contributed by atoms with Crippen LogP contribution in [0.1, 0.15) is 0 Å². The molecule has 5 heteroatoms. The fourth-order valence-electron chi connectivity index (χ4n) is 6.85. The van der Waals surface area contributed by atoms with Crippen LogP contribution in [0.15, 0.2) is 168 Å². The fourth-order valence-corrected chi connectivity index (χ4v) is 8.07. The molecule has 0 aliphatic heterocycles. The summed E-state index contributed by atoms with van der Waals surface area (Å²) >= 11 is 1.85. The van der Waals surface area contributed by atoms with Crippen LogP contribution < -0.4 is 0 Å². The second kappa shape index (κ2) is 11.6. The molecule has 10 rings (SSSR count). The molecule has 0 saturated heterocycles. The van der Waals surface area contributed by atoms with Gasteiger partial charge < -0.3 is 4.42 Å². The van der Waals surface area contributed by atoms with Gasteiger partial charge in [-0.15, -0.1) is 11.3 Å². The van der Waals surface area contributed by atoms with Crippen molar-refractivity contribution in [3.8, 4) is 56.4 Å². The summed E-state index contributed by atoms with van der Waals surface area (Å²) in [7, 11) is 0. The number of aromatic nitrogens is 3. The van der Waals surface area contributed by atoms with Crippen LogP contribution in [0, 0.1) is 0 Å². The van der Waals surface area contributed by atoms with Gasteiger partial charge in [0, 0.05) is 47.6 Å². The van der Waals surface area contributed by atoms with Crippen LogP contribution in [0.25, 0.3) is 98.5 Å². The quantitative estimate of drug-likeness (QED) is 0.185. The van der Waals surface area contributed by atoms with E-state index in [2.05, 4.69) is 109 Å². The predicted octanol–water partition coefficient (Wildman–Crippen LogP) is 12.5. The normalized spacial score (nSPS) is 11.6. The van der Waals surface area contributed by atoms with E-state index in [-0.39, 0.29) is 0 Å². The average molecular weight is 658 g/mol. The molecule has 10 aromatic rings. The van der Waals surface area contributed by atoms with Crippen molar-refractivity contribution in [2.24, 2.45) is 0 Å². The van der Waals surface area contributed by atoms with Crippen LogP contribution in [-0.4, -0.2) is 15.0 Å². The first-order valence-corrected chi connectivity index (χ1v) is 17.4. The van der Waals surface area contributed by atoms with Gasteiger partial charge in [0.2, 0.25) is 0 Å². The largest absolute Gasteiger partial charge is 0.456 e. The van der Waals surface area contributed by atoms with Crippen molar-refractivity contribution in [3.63, 3.8) is 0 Å². The molecule has 7 aromatic carbocycles. The van der Waals surface area contributed by atoms with Gasteiger partial charge in [0.1, 0.15) is 11.2 Å². The summed E-state index contributed by atoms with van der Waals surface area (Å²) in [5.41, 5.74) is 9.25. The Morgan fingerprint density at radius 1 is 0.360 bits per heavy atom. The van der Waals surface area contributed by atoms with Crippen molar-refractivity contribution >= 4 is 53.4 Å². The Labute approximate surface area is 292 Å². The highest BCUT2D eigenvalue weighted by molar-refractivity contribution is 7.26. The van der Waals surface area contributed by atoms with Crippen LogP contribution in [-0.2, 0) is 0 Å². The third kappa shape index (κ3) is 4.87. The minimum atomic E-state index is 0.602. The Morgan fingerprint density at radius 2 is 0.940 bits per heavy atom. The van der Waals surface area contributed by atoms with Gasteiger partial charge in [-0.25, -0.2) is 15.0 Å².